The lowest BCUT2D eigenvalue weighted by molar-refractivity contribution is -0.132. The van der Waals surface area contributed by atoms with Gasteiger partial charge in [-0.05, 0) is 37.5 Å². The number of amides is 1. The van der Waals surface area contributed by atoms with E-state index in [1.807, 2.05) is 25.1 Å². The van der Waals surface area contributed by atoms with Crippen LogP contribution in [-0.4, -0.2) is 23.8 Å². The summed E-state index contributed by atoms with van der Waals surface area (Å²) < 4.78 is 6.53. The highest BCUT2D eigenvalue weighted by Crippen LogP contribution is 2.15. The van der Waals surface area contributed by atoms with Gasteiger partial charge >= 0.3 is 0 Å². The quantitative estimate of drug-likeness (QED) is 0.601. The summed E-state index contributed by atoms with van der Waals surface area (Å²) in [6.45, 7) is 2.45. The van der Waals surface area contributed by atoms with Crippen LogP contribution in [0.4, 0.5) is 0 Å². The van der Waals surface area contributed by atoms with Gasteiger partial charge in [-0.2, -0.15) is 0 Å². The highest BCUT2D eigenvalue weighted by molar-refractivity contribution is 9.10. The van der Waals surface area contributed by atoms with Crippen LogP contribution in [0.5, 0.6) is 0 Å². The Balaban J connectivity index is 2.48. The molecule has 0 saturated carbocycles. The highest BCUT2D eigenvalue weighted by Gasteiger charge is 2.13. The Labute approximate surface area is 115 Å². The summed E-state index contributed by atoms with van der Waals surface area (Å²) in [5.41, 5.74) is 2.83. The van der Waals surface area contributed by atoms with E-state index in [4.69, 9.17) is 9.94 Å². The summed E-state index contributed by atoms with van der Waals surface area (Å²) in [6.07, 6.45) is 1.60. The fourth-order valence-corrected chi connectivity index (χ4v) is 2.20. The van der Waals surface area contributed by atoms with E-state index in [0.717, 1.165) is 17.3 Å². The minimum Gasteiger partial charge on any atom is -0.378 e. The number of halogens is 1. The number of hydrogen-bond acceptors (Lipinski definition) is 3. The number of carbonyl (C=O) groups is 1. The smallest absolute Gasteiger partial charge is 0.245 e. The molecule has 0 spiro atoms. The lowest BCUT2D eigenvalue weighted by Gasteiger charge is -2.15. The number of hydrogen-bond donors (Lipinski definition) is 2. The van der Waals surface area contributed by atoms with Crippen molar-refractivity contribution in [1.29, 1.82) is 0 Å². The molecule has 0 aliphatic heterocycles. The average Bonchev–Trinajstić information content (AvgIpc) is 2.36. The van der Waals surface area contributed by atoms with Crippen LogP contribution >= 0.6 is 15.9 Å². The van der Waals surface area contributed by atoms with Crippen LogP contribution in [0.25, 0.3) is 0 Å². The molecular formula is C13H18BrNO3. The van der Waals surface area contributed by atoms with Crippen molar-refractivity contribution < 1.29 is 14.7 Å². The van der Waals surface area contributed by atoms with Crippen LogP contribution < -0.4 is 5.48 Å². The summed E-state index contributed by atoms with van der Waals surface area (Å²) in [4.78, 5) is 11.1. The van der Waals surface area contributed by atoms with Gasteiger partial charge in [-0.1, -0.05) is 28.1 Å². The second kappa shape index (κ2) is 8.24. The standard InChI is InChI=1S/C13H18BrNO3/c1-2-18-12(9-13(16)15-17)7-6-10-4-3-5-11(14)8-10/h3-5,8,12,17H,2,6-7,9H2,1H3,(H,15,16)/t12-/m0/s1. The molecule has 0 heterocycles. The van der Waals surface area contributed by atoms with E-state index >= 15 is 0 Å². The zero-order chi connectivity index (χ0) is 13.4. The van der Waals surface area contributed by atoms with E-state index in [9.17, 15) is 4.79 Å². The molecule has 4 nitrogen and oxygen atoms in total. The zero-order valence-electron chi connectivity index (χ0n) is 10.4. The number of hydroxylamine groups is 1. The fraction of sp³-hybridized carbons (Fsp3) is 0.462. The van der Waals surface area contributed by atoms with Gasteiger partial charge in [-0.25, -0.2) is 5.48 Å². The summed E-state index contributed by atoms with van der Waals surface area (Å²) >= 11 is 3.42. The Morgan fingerprint density at radius 3 is 2.94 bits per heavy atom. The number of carbonyl (C=O) groups excluding carboxylic acids is 1. The van der Waals surface area contributed by atoms with Crippen molar-refractivity contribution in [2.45, 2.75) is 32.3 Å². The maximum absolute atomic E-state index is 11.1. The molecule has 0 unspecified atom stereocenters. The molecule has 0 aromatic heterocycles. The second-order valence-corrected chi connectivity index (χ2v) is 4.90. The van der Waals surface area contributed by atoms with Crippen molar-refractivity contribution in [3.8, 4) is 0 Å². The van der Waals surface area contributed by atoms with Crippen molar-refractivity contribution in [2.24, 2.45) is 0 Å². The third-order valence-electron chi connectivity index (χ3n) is 2.58. The molecule has 18 heavy (non-hydrogen) atoms. The van der Waals surface area contributed by atoms with Gasteiger partial charge in [0.25, 0.3) is 0 Å². The van der Waals surface area contributed by atoms with Gasteiger partial charge in [-0.15, -0.1) is 0 Å². The first kappa shape index (κ1) is 15.1. The summed E-state index contributed by atoms with van der Waals surface area (Å²) in [7, 11) is 0. The Bertz CT molecular complexity index is 384. The van der Waals surface area contributed by atoms with Crippen molar-refractivity contribution in [3.05, 3.63) is 34.3 Å². The molecule has 100 valence electrons. The van der Waals surface area contributed by atoms with Gasteiger partial charge in [-0.3, -0.25) is 10.0 Å². The molecule has 0 fully saturated rings. The Kier molecular flexibility index (Phi) is 6.93. The molecule has 1 aromatic carbocycles. The Morgan fingerprint density at radius 2 is 2.33 bits per heavy atom. The molecular weight excluding hydrogens is 298 g/mol. The van der Waals surface area contributed by atoms with Crippen LogP contribution in [0.1, 0.15) is 25.3 Å². The van der Waals surface area contributed by atoms with E-state index < -0.39 is 5.91 Å². The molecule has 0 saturated heterocycles. The van der Waals surface area contributed by atoms with E-state index in [1.165, 1.54) is 5.56 Å². The van der Waals surface area contributed by atoms with Crippen LogP contribution in [-0.2, 0) is 16.0 Å². The van der Waals surface area contributed by atoms with Crippen molar-refractivity contribution in [3.63, 3.8) is 0 Å². The second-order valence-electron chi connectivity index (χ2n) is 3.99. The van der Waals surface area contributed by atoms with E-state index in [1.54, 1.807) is 5.48 Å². The molecule has 2 N–H and O–H groups in total. The van der Waals surface area contributed by atoms with Gasteiger partial charge in [0.15, 0.2) is 0 Å². The first-order chi connectivity index (χ1) is 8.65. The van der Waals surface area contributed by atoms with Crippen LogP contribution in [0, 0.1) is 0 Å². The minimum absolute atomic E-state index is 0.166. The first-order valence-corrected chi connectivity index (χ1v) is 6.74. The SMILES string of the molecule is CCO[C@@H](CCc1cccc(Br)c1)CC(=O)NO. The van der Waals surface area contributed by atoms with Crippen molar-refractivity contribution in [2.75, 3.05) is 6.61 Å². The summed E-state index contributed by atoms with van der Waals surface area (Å²) in [5.74, 6) is -0.414. The molecule has 1 rings (SSSR count). The predicted molar refractivity (Wildman–Crippen MR) is 72.4 cm³/mol. The van der Waals surface area contributed by atoms with Gasteiger partial charge in [0, 0.05) is 11.1 Å². The fourth-order valence-electron chi connectivity index (χ4n) is 1.75. The van der Waals surface area contributed by atoms with Gasteiger partial charge in [0.05, 0.1) is 12.5 Å². The van der Waals surface area contributed by atoms with Crippen LogP contribution in [0.3, 0.4) is 0 Å². The first-order valence-electron chi connectivity index (χ1n) is 5.94. The topological polar surface area (TPSA) is 58.6 Å². The Morgan fingerprint density at radius 1 is 1.56 bits per heavy atom. The van der Waals surface area contributed by atoms with Gasteiger partial charge in [0.2, 0.25) is 5.91 Å². The van der Waals surface area contributed by atoms with E-state index in [2.05, 4.69) is 22.0 Å². The average molecular weight is 316 g/mol. The monoisotopic (exact) mass is 315 g/mol. The molecule has 1 aromatic rings. The molecule has 0 aliphatic carbocycles. The molecule has 0 aliphatic rings. The largest absolute Gasteiger partial charge is 0.378 e. The minimum atomic E-state index is -0.414. The molecule has 1 amide bonds. The predicted octanol–water partition coefficient (Wildman–Crippen LogP) is 2.68. The molecule has 0 bridgehead atoms. The van der Waals surface area contributed by atoms with E-state index in [0.29, 0.717) is 6.61 Å². The van der Waals surface area contributed by atoms with Gasteiger partial charge < -0.3 is 4.74 Å². The number of nitrogens with one attached hydrogen (secondary N) is 1. The summed E-state index contributed by atoms with van der Waals surface area (Å²) in [5, 5.41) is 8.51. The molecule has 0 radical (unpaired) electrons. The normalized spacial score (nSPS) is 12.2. The molecule has 5 heteroatoms. The number of benzene rings is 1. The molecule has 1 atom stereocenters. The maximum atomic E-state index is 11.1. The third kappa shape index (κ3) is 5.62. The lowest BCUT2D eigenvalue weighted by Crippen LogP contribution is -2.26. The van der Waals surface area contributed by atoms with Crippen LogP contribution in [0.2, 0.25) is 0 Å². The van der Waals surface area contributed by atoms with Crippen LogP contribution in [0.15, 0.2) is 28.7 Å². The van der Waals surface area contributed by atoms with E-state index in [-0.39, 0.29) is 12.5 Å². The number of ether oxygens (including phenoxy) is 1. The zero-order valence-corrected chi connectivity index (χ0v) is 11.9. The number of rotatable bonds is 7. The number of aryl methyl sites for hydroxylation is 1. The summed E-state index contributed by atoms with van der Waals surface area (Å²) in [6, 6.07) is 8.05. The van der Waals surface area contributed by atoms with Crippen molar-refractivity contribution in [1.82, 2.24) is 5.48 Å². The highest BCUT2D eigenvalue weighted by atomic mass is 79.9. The lowest BCUT2D eigenvalue weighted by atomic mass is 10.0. The Hall–Kier alpha value is -0.910. The van der Waals surface area contributed by atoms with Crippen molar-refractivity contribution >= 4 is 21.8 Å². The maximum Gasteiger partial charge on any atom is 0.245 e. The third-order valence-corrected chi connectivity index (χ3v) is 3.08. The van der Waals surface area contributed by atoms with Gasteiger partial charge in [0.1, 0.15) is 0 Å².